The molecule has 1 nitrogen and oxygen atoms in total. The third kappa shape index (κ3) is 4.41. The summed E-state index contributed by atoms with van der Waals surface area (Å²) in [6.45, 7) is 3.34. The Balaban J connectivity index is 2.43. The van der Waals surface area contributed by atoms with E-state index >= 15 is 0 Å². The summed E-state index contributed by atoms with van der Waals surface area (Å²) in [5.41, 5.74) is 0. The molecule has 1 N–H and O–H groups in total. The molecule has 0 aromatic heterocycles. The predicted molar refractivity (Wildman–Crippen MR) is 54.6 cm³/mol. The molecule has 0 aliphatic heterocycles. The number of rotatable bonds is 3. The molecule has 0 heterocycles. The van der Waals surface area contributed by atoms with Crippen molar-refractivity contribution in [2.75, 3.05) is 6.54 Å². The van der Waals surface area contributed by atoms with Crippen LogP contribution in [0.2, 0.25) is 0 Å². The van der Waals surface area contributed by atoms with E-state index < -0.39 is 12.7 Å². The number of halogens is 3. The van der Waals surface area contributed by atoms with Crippen molar-refractivity contribution in [2.24, 2.45) is 11.8 Å². The van der Waals surface area contributed by atoms with Gasteiger partial charge in [0.25, 0.3) is 0 Å². The standard InChI is InChI=1S/C11H20F3N/c1-8(2)9-5-3-4-6-10(9)15-7-11(12,13)14/h8-10,15H,3-7H2,1-2H3. The highest BCUT2D eigenvalue weighted by molar-refractivity contribution is 4.83. The largest absolute Gasteiger partial charge is 0.401 e. The smallest absolute Gasteiger partial charge is 0.306 e. The molecule has 90 valence electrons. The summed E-state index contributed by atoms with van der Waals surface area (Å²) in [7, 11) is 0. The van der Waals surface area contributed by atoms with Gasteiger partial charge in [0.1, 0.15) is 0 Å². The summed E-state index contributed by atoms with van der Waals surface area (Å²) in [5.74, 6) is 0.872. The van der Waals surface area contributed by atoms with Crippen LogP contribution < -0.4 is 5.32 Å². The summed E-state index contributed by atoms with van der Waals surface area (Å²) in [4.78, 5) is 0. The second kappa shape index (κ2) is 5.19. The fourth-order valence-electron chi connectivity index (χ4n) is 2.46. The van der Waals surface area contributed by atoms with E-state index in [2.05, 4.69) is 19.2 Å². The van der Waals surface area contributed by atoms with Crippen LogP contribution in [0.4, 0.5) is 13.2 Å². The molecule has 0 amide bonds. The van der Waals surface area contributed by atoms with Gasteiger partial charge in [-0.15, -0.1) is 0 Å². The topological polar surface area (TPSA) is 12.0 Å². The molecule has 15 heavy (non-hydrogen) atoms. The molecule has 0 radical (unpaired) electrons. The van der Waals surface area contributed by atoms with E-state index in [1.54, 1.807) is 0 Å². The summed E-state index contributed by atoms with van der Waals surface area (Å²) in [5, 5.41) is 2.67. The molecule has 0 aromatic carbocycles. The van der Waals surface area contributed by atoms with Crippen LogP contribution in [0.1, 0.15) is 39.5 Å². The molecule has 2 atom stereocenters. The SMILES string of the molecule is CC(C)C1CCCCC1NCC(F)(F)F. The predicted octanol–water partition coefficient (Wildman–Crippen LogP) is 3.35. The van der Waals surface area contributed by atoms with E-state index in [1.165, 1.54) is 0 Å². The van der Waals surface area contributed by atoms with Crippen LogP contribution in [0.3, 0.4) is 0 Å². The normalized spacial score (nSPS) is 28.4. The highest BCUT2D eigenvalue weighted by Gasteiger charge is 2.32. The lowest BCUT2D eigenvalue weighted by molar-refractivity contribution is -0.127. The van der Waals surface area contributed by atoms with E-state index in [0.717, 1.165) is 25.7 Å². The first kappa shape index (κ1) is 12.8. The van der Waals surface area contributed by atoms with Crippen LogP contribution in [0.25, 0.3) is 0 Å². The quantitative estimate of drug-likeness (QED) is 0.773. The van der Waals surface area contributed by atoms with Crippen LogP contribution in [0, 0.1) is 11.8 Å². The van der Waals surface area contributed by atoms with Crippen LogP contribution in [0.15, 0.2) is 0 Å². The van der Waals surface area contributed by atoms with Crippen molar-refractivity contribution in [1.82, 2.24) is 5.32 Å². The Hall–Kier alpha value is -0.250. The molecule has 0 bridgehead atoms. The molecular weight excluding hydrogens is 203 g/mol. The monoisotopic (exact) mass is 223 g/mol. The van der Waals surface area contributed by atoms with E-state index in [-0.39, 0.29) is 6.04 Å². The van der Waals surface area contributed by atoms with Crippen molar-refractivity contribution < 1.29 is 13.2 Å². The van der Waals surface area contributed by atoms with Gasteiger partial charge >= 0.3 is 6.18 Å². The average Bonchev–Trinajstić information content (AvgIpc) is 2.14. The maximum atomic E-state index is 12.1. The Bertz CT molecular complexity index is 189. The number of hydrogen-bond donors (Lipinski definition) is 1. The molecule has 1 aliphatic rings. The van der Waals surface area contributed by atoms with Gasteiger partial charge in [0.2, 0.25) is 0 Å². The minimum atomic E-state index is -4.08. The average molecular weight is 223 g/mol. The third-order valence-corrected chi connectivity index (χ3v) is 3.24. The molecule has 1 fully saturated rings. The van der Waals surface area contributed by atoms with Gasteiger partial charge in [-0.25, -0.2) is 0 Å². The highest BCUT2D eigenvalue weighted by atomic mass is 19.4. The van der Waals surface area contributed by atoms with E-state index in [9.17, 15) is 13.2 Å². The first-order valence-corrected chi connectivity index (χ1v) is 5.70. The molecule has 1 saturated carbocycles. The van der Waals surface area contributed by atoms with E-state index in [0.29, 0.717) is 11.8 Å². The summed E-state index contributed by atoms with van der Waals surface area (Å²) < 4.78 is 36.2. The maximum Gasteiger partial charge on any atom is 0.401 e. The van der Waals surface area contributed by atoms with Gasteiger partial charge < -0.3 is 5.32 Å². The molecule has 2 unspecified atom stereocenters. The Morgan fingerprint density at radius 2 is 1.80 bits per heavy atom. The minimum absolute atomic E-state index is 0.0559. The van der Waals surface area contributed by atoms with Crippen molar-refractivity contribution in [1.29, 1.82) is 0 Å². The molecule has 1 aliphatic carbocycles. The van der Waals surface area contributed by atoms with E-state index in [1.807, 2.05) is 0 Å². The number of nitrogens with one attached hydrogen (secondary N) is 1. The summed E-state index contributed by atoms with van der Waals surface area (Å²) >= 11 is 0. The molecule has 0 saturated heterocycles. The zero-order chi connectivity index (χ0) is 11.5. The Morgan fingerprint density at radius 1 is 1.20 bits per heavy atom. The molecule has 0 aromatic rings. The van der Waals surface area contributed by atoms with Crippen molar-refractivity contribution >= 4 is 0 Å². The van der Waals surface area contributed by atoms with Crippen molar-refractivity contribution in [3.63, 3.8) is 0 Å². The minimum Gasteiger partial charge on any atom is -0.306 e. The number of alkyl halides is 3. The molecule has 1 rings (SSSR count). The zero-order valence-electron chi connectivity index (χ0n) is 9.40. The van der Waals surface area contributed by atoms with Gasteiger partial charge in [0, 0.05) is 6.04 Å². The lowest BCUT2D eigenvalue weighted by atomic mass is 9.78. The van der Waals surface area contributed by atoms with E-state index in [4.69, 9.17) is 0 Å². The lowest BCUT2D eigenvalue weighted by Crippen LogP contribution is -2.44. The van der Waals surface area contributed by atoms with Gasteiger partial charge in [-0.05, 0) is 24.7 Å². The van der Waals surface area contributed by atoms with Crippen LogP contribution in [-0.4, -0.2) is 18.8 Å². The van der Waals surface area contributed by atoms with Gasteiger partial charge in [0.15, 0.2) is 0 Å². The Labute approximate surface area is 89.4 Å². The molecule has 4 heteroatoms. The summed E-state index contributed by atoms with van der Waals surface area (Å²) in [6.07, 6.45) is 0.0802. The van der Waals surface area contributed by atoms with Gasteiger partial charge in [-0.2, -0.15) is 13.2 Å². The first-order chi connectivity index (χ1) is 6.90. The van der Waals surface area contributed by atoms with Crippen molar-refractivity contribution in [2.45, 2.75) is 51.7 Å². The van der Waals surface area contributed by atoms with Gasteiger partial charge in [-0.1, -0.05) is 26.7 Å². The zero-order valence-corrected chi connectivity index (χ0v) is 9.40. The van der Waals surface area contributed by atoms with Crippen LogP contribution in [0.5, 0.6) is 0 Å². The summed E-state index contributed by atoms with van der Waals surface area (Å²) in [6, 6.07) is 0.0559. The van der Waals surface area contributed by atoms with Crippen LogP contribution in [-0.2, 0) is 0 Å². The van der Waals surface area contributed by atoms with Crippen LogP contribution >= 0.6 is 0 Å². The first-order valence-electron chi connectivity index (χ1n) is 5.70. The third-order valence-electron chi connectivity index (χ3n) is 3.24. The maximum absolute atomic E-state index is 12.1. The molecular formula is C11H20F3N. The molecule has 0 spiro atoms. The highest BCUT2D eigenvalue weighted by Crippen LogP contribution is 2.30. The number of hydrogen-bond acceptors (Lipinski definition) is 1. The Kier molecular flexibility index (Phi) is 4.44. The van der Waals surface area contributed by atoms with Crippen molar-refractivity contribution in [3.05, 3.63) is 0 Å². The fourth-order valence-corrected chi connectivity index (χ4v) is 2.46. The lowest BCUT2D eigenvalue weighted by Gasteiger charge is -2.35. The Morgan fingerprint density at radius 3 is 2.33 bits per heavy atom. The van der Waals surface area contributed by atoms with Gasteiger partial charge in [-0.3, -0.25) is 0 Å². The second-order valence-corrected chi connectivity index (χ2v) is 4.79. The van der Waals surface area contributed by atoms with Crippen molar-refractivity contribution in [3.8, 4) is 0 Å². The van der Waals surface area contributed by atoms with Gasteiger partial charge in [0.05, 0.1) is 6.54 Å². The fraction of sp³-hybridized carbons (Fsp3) is 1.00. The second-order valence-electron chi connectivity index (χ2n) is 4.79.